The molecule has 0 bridgehead atoms. The van der Waals surface area contributed by atoms with Gasteiger partial charge in [0.05, 0.1) is 30.1 Å². The minimum atomic E-state index is -0.561. The molecule has 4 rings (SSSR count). The molecule has 0 aromatic carbocycles. The van der Waals surface area contributed by atoms with Crippen LogP contribution in [-0.4, -0.2) is 45.0 Å². The van der Waals surface area contributed by atoms with Crippen molar-refractivity contribution in [2.24, 2.45) is 10.9 Å². The highest BCUT2D eigenvalue weighted by Crippen LogP contribution is 2.29. The molecular formula is C21H25ClFN5O2. The average molecular weight is 434 g/mol. The Morgan fingerprint density at radius 3 is 2.97 bits per heavy atom. The molecule has 2 aliphatic rings. The molecule has 0 amide bonds. The monoisotopic (exact) mass is 433 g/mol. The maximum Gasteiger partial charge on any atom is 0.311 e. The molecule has 0 radical (unpaired) electrons. The van der Waals surface area contributed by atoms with Gasteiger partial charge in [-0.3, -0.25) is 9.79 Å². The van der Waals surface area contributed by atoms with Crippen LogP contribution in [0.1, 0.15) is 39.5 Å². The van der Waals surface area contributed by atoms with E-state index in [1.54, 1.807) is 6.20 Å². The molecule has 0 saturated heterocycles. The summed E-state index contributed by atoms with van der Waals surface area (Å²) in [7, 11) is 0. The van der Waals surface area contributed by atoms with Crippen molar-refractivity contribution in [3.8, 4) is 11.4 Å². The van der Waals surface area contributed by atoms with Gasteiger partial charge in [0, 0.05) is 23.0 Å². The van der Waals surface area contributed by atoms with Gasteiger partial charge < -0.3 is 15.0 Å². The minimum Gasteiger partial charge on any atom is -0.463 e. The number of nitrogens with one attached hydrogen (secondary N) is 2. The van der Waals surface area contributed by atoms with Crippen LogP contribution in [0.25, 0.3) is 17.5 Å². The number of aromatic nitrogens is 3. The summed E-state index contributed by atoms with van der Waals surface area (Å²) in [5, 5.41) is 3.75. The molecule has 1 aliphatic heterocycles. The summed E-state index contributed by atoms with van der Waals surface area (Å²) in [4.78, 5) is 28.6. The Balaban J connectivity index is 1.62. The highest BCUT2D eigenvalue weighted by Gasteiger charge is 2.33. The van der Waals surface area contributed by atoms with Crippen LogP contribution in [0.3, 0.4) is 0 Å². The minimum absolute atomic E-state index is 0.0827. The van der Waals surface area contributed by atoms with Crippen LogP contribution in [0.15, 0.2) is 17.4 Å². The van der Waals surface area contributed by atoms with Gasteiger partial charge in [0.1, 0.15) is 5.49 Å². The molecule has 7 nitrogen and oxygen atoms in total. The second-order valence-electron chi connectivity index (χ2n) is 8.01. The summed E-state index contributed by atoms with van der Waals surface area (Å²) in [6.07, 6.45) is 7.97. The Morgan fingerprint density at radius 1 is 1.37 bits per heavy atom. The molecule has 1 fully saturated rings. The van der Waals surface area contributed by atoms with Crippen LogP contribution in [0, 0.1) is 11.7 Å². The van der Waals surface area contributed by atoms with Crippen molar-refractivity contribution in [2.75, 3.05) is 11.9 Å². The van der Waals surface area contributed by atoms with E-state index in [1.807, 2.05) is 19.9 Å². The van der Waals surface area contributed by atoms with Crippen molar-refractivity contribution >= 4 is 29.5 Å². The predicted octanol–water partition coefficient (Wildman–Crippen LogP) is 2.55. The lowest BCUT2D eigenvalue weighted by atomic mass is 9.84. The fourth-order valence-corrected chi connectivity index (χ4v) is 4.19. The van der Waals surface area contributed by atoms with Crippen LogP contribution in [-0.2, 0) is 9.53 Å². The van der Waals surface area contributed by atoms with Gasteiger partial charge in [-0.2, -0.15) is 0 Å². The van der Waals surface area contributed by atoms with Gasteiger partial charge in [-0.1, -0.05) is 18.9 Å². The van der Waals surface area contributed by atoms with E-state index in [0.717, 1.165) is 30.7 Å². The number of fused-ring (bicyclic) bond motifs is 1. The highest BCUT2D eigenvalue weighted by molar-refractivity contribution is 6.24. The Bertz CT molecular complexity index is 1050. The van der Waals surface area contributed by atoms with Crippen LogP contribution in [0.5, 0.6) is 0 Å². The number of hydrogen-bond donors (Lipinski definition) is 2. The first-order valence-electron chi connectivity index (χ1n) is 10.3. The van der Waals surface area contributed by atoms with E-state index in [2.05, 4.69) is 25.3 Å². The molecular weight excluding hydrogens is 409 g/mol. The van der Waals surface area contributed by atoms with Crippen molar-refractivity contribution < 1.29 is 13.9 Å². The van der Waals surface area contributed by atoms with Crippen molar-refractivity contribution in [2.45, 2.75) is 57.1 Å². The number of halogens is 2. The number of aromatic amines is 1. The molecule has 2 aromatic heterocycles. The molecule has 1 aliphatic carbocycles. The lowest BCUT2D eigenvalue weighted by Crippen LogP contribution is -2.39. The second kappa shape index (κ2) is 8.71. The van der Waals surface area contributed by atoms with Gasteiger partial charge in [-0.25, -0.2) is 14.4 Å². The smallest absolute Gasteiger partial charge is 0.311 e. The van der Waals surface area contributed by atoms with Gasteiger partial charge in [0.25, 0.3) is 0 Å². The molecule has 3 heterocycles. The molecule has 30 heavy (non-hydrogen) atoms. The first-order valence-corrected chi connectivity index (χ1v) is 10.7. The number of esters is 1. The lowest BCUT2D eigenvalue weighted by molar-refractivity contribution is -0.153. The maximum absolute atomic E-state index is 14.5. The van der Waals surface area contributed by atoms with Crippen molar-refractivity contribution in [1.82, 2.24) is 15.0 Å². The van der Waals surface area contributed by atoms with Gasteiger partial charge in [0.15, 0.2) is 17.5 Å². The molecule has 9 heteroatoms. The first-order chi connectivity index (χ1) is 14.4. The summed E-state index contributed by atoms with van der Waals surface area (Å²) in [5.74, 6) is -0.692. The number of ether oxygens (including phenoxy) is 1. The number of alkyl halides is 1. The van der Waals surface area contributed by atoms with Crippen LogP contribution >= 0.6 is 11.6 Å². The SMILES string of the molecule is CC(C)OC(=O)[C@H]1CCCC[C@@H]1Nc1nc(-c2c[nH]c3c2=CC(Cl)CN=3)ncc1F. The topological polar surface area (TPSA) is 92.3 Å². The molecule has 160 valence electrons. The number of nitrogens with zero attached hydrogens (tertiary/aromatic N) is 3. The zero-order valence-corrected chi connectivity index (χ0v) is 17.7. The number of hydrogen-bond acceptors (Lipinski definition) is 6. The summed E-state index contributed by atoms with van der Waals surface area (Å²) in [6.45, 7) is 4.15. The quantitative estimate of drug-likeness (QED) is 0.558. The highest BCUT2D eigenvalue weighted by atomic mass is 35.5. The Kier molecular flexibility index (Phi) is 6.04. The average Bonchev–Trinajstić information content (AvgIpc) is 3.12. The summed E-state index contributed by atoms with van der Waals surface area (Å²) in [6, 6.07) is -0.240. The molecule has 1 saturated carbocycles. The van der Waals surface area contributed by atoms with Crippen molar-refractivity contribution in [1.29, 1.82) is 0 Å². The number of carbonyl (C=O) groups is 1. The van der Waals surface area contributed by atoms with E-state index < -0.39 is 5.82 Å². The zero-order chi connectivity index (χ0) is 21.3. The van der Waals surface area contributed by atoms with Crippen LogP contribution in [0.4, 0.5) is 10.2 Å². The summed E-state index contributed by atoms with van der Waals surface area (Å²) < 4.78 is 20.0. The second-order valence-corrected chi connectivity index (χ2v) is 8.57. The Labute approximate surface area is 178 Å². The van der Waals surface area contributed by atoms with Gasteiger partial charge in [0.2, 0.25) is 0 Å². The first kappa shape index (κ1) is 20.8. The fraction of sp³-hybridized carbons (Fsp3) is 0.524. The number of H-pyrrole nitrogens is 1. The van der Waals surface area contributed by atoms with Gasteiger partial charge >= 0.3 is 5.97 Å². The standard InChI is InChI=1S/C21H25ClFN5O2/c1-11(2)30-21(29)13-5-3-4-6-17(13)27-20-16(23)10-26-19(28-20)15-9-25-18-14(15)7-12(22)8-24-18/h7,9-13,17H,3-6,8H2,1-2H3,(H,24,25)(H,26,27,28)/t12?,13-,17-/m0/s1. The van der Waals surface area contributed by atoms with E-state index in [4.69, 9.17) is 16.3 Å². The molecule has 0 spiro atoms. The molecule has 2 aromatic rings. The number of anilines is 1. The zero-order valence-electron chi connectivity index (χ0n) is 17.0. The summed E-state index contributed by atoms with van der Waals surface area (Å²) in [5.41, 5.74) is 1.43. The van der Waals surface area contributed by atoms with Gasteiger partial charge in [-0.15, -0.1) is 11.6 Å². The molecule has 2 N–H and O–H groups in total. The Morgan fingerprint density at radius 2 is 2.17 bits per heavy atom. The third kappa shape index (κ3) is 4.33. The van der Waals surface area contributed by atoms with Gasteiger partial charge in [-0.05, 0) is 26.7 Å². The van der Waals surface area contributed by atoms with Crippen LogP contribution < -0.4 is 16.0 Å². The van der Waals surface area contributed by atoms with E-state index in [1.165, 1.54) is 0 Å². The van der Waals surface area contributed by atoms with Crippen molar-refractivity contribution in [3.05, 3.63) is 28.9 Å². The largest absolute Gasteiger partial charge is 0.463 e. The third-order valence-electron chi connectivity index (χ3n) is 5.40. The lowest BCUT2D eigenvalue weighted by Gasteiger charge is -2.31. The normalized spacial score (nSPS) is 23.3. The number of rotatable bonds is 5. The molecule has 1 unspecified atom stereocenters. The van der Waals surface area contributed by atoms with Crippen LogP contribution in [0.2, 0.25) is 0 Å². The maximum atomic E-state index is 14.5. The third-order valence-corrected chi connectivity index (χ3v) is 5.66. The Hall–Kier alpha value is -2.48. The fourth-order valence-electron chi connectivity index (χ4n) is 4.00. The predicted molar refractivity (Wildman–Crippen MR) is 112 cm³/mol. The van der Waals surface area contributed by atoms with E-state index in [0.29, 0.717) is 29.8 Å². The number of carbonyl (C=O) groups excluding carboxylic acids is 1. The summed E-state index contributed by atoms with van der Waals surface area (Å²) >= 11 is 6.21. The van der Waals surface area contributed by atoms with E-state index >= 15 is 0 Å². The van der Waals surface area contributed by atoms with E-state index in [-0.39, 0.29) is 35.2 Å². The van der Waals surface area contributed by atoms with Crippen molar-refractivity contribution in [3.63, 3.8) is 0 Å². The van der Waals surface area contributed by atoms with E-state index in [9.17, 15) is 9.18 Å². The molecule has 3 atom stereocenters.